The molecule has 0 rings (SSSR count). The second kappa shape index (κ2) is 49.6. The summed E-state index contributed by atoms with van der Waals surface area (Å²) in [6, 6.07) is 0. The zero-order valence-electron chi connectivity index (χ0n) is 4.04. The molecule has 0 amide bonds. The molecule has 0 fully saturated rings. The zero-order chi connectivity index (χ0) is 0. The third-order valence-electron chi connectivity index (χ3n) is 0. The van der Waals surface area contributed by atoms with Crippen LogP contribution >= 0.6 is 29.7 Å². The maximum absolute atomic E-state index is 0. The molecule has 0 atom stereocenters. The van der Waals surface area contributed by atoms with E-state index < -0.39 is 0 Å². The van der Waals surface area contributed by atoms with E-state index >= 15 is 0 Å². The van der Waals surface area contributed by atoms with E-state index in [9.17, 15) is 0 Å². The van der Waals surface area contributed by atoms with Gasteiger partial charge in [0.05, 0.1) is 0 Å². The summed E-state index contributed by atoms with van der Waals surface area (Å²) in [7, 11) is 0. The van der Waals surface area contributed by atoms with Gasteiger partial charge in [0.15, 0.2) is 0 Å². The Kier molecular flexibility index (Phi) is 475. The SMILES string of the molecule is [Al+3].[Mg+2].[Mg+2].[Mg+2].[P-3].[P-3].[P-3]. The van der Waals surface area contributed by atoms with Gasteiger partial charge in [0, 0.05) is 0 Å². The molecule has 24 valence electrons. The van der Waals surface area contributed by atoms with Crippen LogP contribution in [0.15, 0.2) is 0 Å². The molecule has 0 radical (unpaired) electrons. The molecule has 0 aliphatic rings. The summed E-state index contributed by atoms with van der Waals surface area (Å²) in [6.07, 6.45) is 0. The molecule has 0 N–H and O–H groups in total. The first-order chi connectivity index (χ1) is 0. The summed E-state index contributed by atoms with van der Waals surface area (Å²) in [6.45, 7) is 0. The molecule has 0 aromatic carbocycles. The molecular weight excluding hydrogens is 193 g/mol. The van der Waals surface area contributed by atoms with E-state index in [-0.39, 0.29) is 116 Å². The molecule has 0 bridgehead atoms. The van der Waals surface area contributed by atoms with Crippen LogP contribution < -0.4 is 0 Å². The van der Waals surface area contributed by atoms with E-state index in [0.29, 0.717) is 0 Å². The predicted molar refractivity (Wildman–Crippen MR) is 43.8 cm³/mol. The molecule has 7 heavy (non-hydrogen) atoms. The molecule has 0 aliphatic heterocycles. The normalized spacial score (nSPS) is 0. The number of hydrogen-bond donors (Lipinski definition) is 0. The van der Waals surface area contributed by atoms with Crippen LogP contribution in [-0.2, 0) is 0 Å². The molecule has 0 aliphatic carbocycles. The van der Waals surface area contributed by atoms with Crippen molar-refractivity contribution in [2.75, 3.05) is 0 Å². The van der Waals surface area contributed by atoms with Crippen molar-refractivity contribution < 1.29 is 0 Å². The van der Waals surface area contributed by atoms with E-state index in [1.165, 1.54) is 0 Å². The van der Waals surface area contributed by atoms with E-state index in [0.717, 1.165) is 0 Å². The fourth-order valence-corrected chi connectivity index (χ4v) is 0. The van der Waals surface area contributed by atoms with Gasteiger partial charge in [0.2, 0.25) is 0 Å². The largest absolute Gasteiger partial charge is 3.00 e. The van der Waals surface area contributed by atoms with Crippen molar-refractivity contribution in [2.45, 2.75) is 0 Å². The van der Waals surface area contributed by atoms with Crippen molar-refractivity contribution in [3.8, 4) is 0 Å². The number of hydrogen-bond acceptors (Lipinski definition) is 0. The van der Waals surface area contributed by atoms with Gasteiger partial charge < -0.3 is 29.7 Å². The van der Waals surface area contributed by atoms with Crippen LogP contribution in [0.5, 0.6) is 0 Å². The summed E-state index contributed by atoms with van der Waals surface area (Å²) in [4.78, 5) is 0. The molecule has 0 spiro atoms. The van der Waals surface area contributed by atoms with E-state index in [1.54, 1.807) is 0 Å². The average molecular weight is 193 g/mol. The van der Waals surface area contributed by atoms with Crippen LogP contribution in [-0.4, -0.2) is 86.5 Å². The zero-order valence-corrected chi connectivity index (χ0v) is 12.1. The first-order valence-corrected chi connectivity index (χ1v) is 0. The van der Waals surface area contributed by atoms with Gasteiger partial charge in [-0.3, -0.25) is 0 Å². The van der Waals surface area contributed by atoms with E-state index in [4.69, 9.17) is 0 Å². The smallest absolute Gasteiger partial charge is 3.00 e. The second-order valence-corrected chi connectivity index (χ2v) is 0. The van der Waals surface area contributed by atoms with E-state index in [2.05, 4.69) is 0 Å². The monoisotopic (exact) mass is 192 g/mol. The minimum atomic E-state index is 0. The fraction of sp³-hybridized carbons (Fsp3) is 0. The van der Waals surface area contributed by atoms with E-state index in [1.807, 2.05) is 0 Å². The Hall–Kier alpha value is 4.12. The van der Waals surface area contributed by atoms with Crippen LogP contribution in [0.4, 0.5) is 0 Å². The molecule has 0 nitrogen and oxygen atoms in total. The Morgan fingerprint density at radius 1 is 0.429 bits per heavy atom. The maximum Gasteiger partial charge on any atom is 3.00 e. The summed E-state index contributed by atoms with van der Waals surface area (Å²) in [5.74, 6) is 0. The summed E-state index contributed by atoms with van der Waals surface area (Å²) in [5, 5.41) is 0. The van der Waals surface area contributed by atoms with Crippen molar-refractivity contribution in [1.82, 2.24) is 0 Å². The first-order valence-electron chi connectivity index (χ1n) is 0. The molecule has 0 unspecified atom stereocenters. The van der Waals surface area contributed by atoms with Crippen molar-refractivity contribution in [1.29, 1.82) is 0 Å². The summed E-state index contributed by atoms with van der Waals surface area (Å²) >= 11 is 0. The Labute approximate surface area is 114 Å². The fourth-order valence-electron chi connectivity index (χ4n) is 0. The van der Waals surface area contributed by atoms with Crippen molar-refractivity contribution >= 4 is 116 Å². The van der Waals surface area contributed by atoms with Crippen LogP contribution in [0.2, 0.25) is 0 Å². The van der Waals surface area contributed by atoms with Gasteiger partial charge in [-0.2, -0.15) is 0 Å². The Morgan fingerprint density at radius 3 is 0.429 bits per heavy atom. The van der Waals surface area contributed by atoms with Crippen molar-refractivity contribution in [3.05, 3.63) is 0 Å². The summed E-state index contributed by atoms with van der Waals surface area (Å²) < 4.78 is 0. The third-order valence-corrected chi connectivity index (χ3v) is 0. The van der Waals surface area contributed by atoms with Crippen LogP contribution in [0.1, 0.15) is 0 Å². The predicted octanol–water partition coefficient (Wildman–Crippen LogP) is 1.06. The topological polar surface area (TPSA) is 0 Å². The first kappa shape index (κ1) is 67.1. The summed E-state index contributed by atoms with van der Waals surface area (Å²) in [5.41, 5.74) is 0. The Morgan fingerprint density at radius 2 is 0.429 bits per heavy atom. The van der Waals surface area contributed by atoms with Gasteiger partial charge in [0.1, 0.15) is 0 Å². The molecule has 0 aromatic rings. The average Bonchev–Trinajstić information content (AvgIpc) is 0. The molecule has 7 heteroatoms. The van der Waals surface area contributed by atoms with Gasteiger partial charge in [-0.25, -0.2) is 0 Å². The molecule has 0 saturated heterocycles. The second-order valence-electron chi connectivity index (χ2n) is 0. The molecular formula is AlMg3P3. The van der Waals surface area contributed by atoms with Crippen molar-refractivity contribution in [3.63, 3.8) is 0 Å². The Bertz CT molecular complexity index is 10.1. The van der Waals surface area contributed by atoms with Crippen molar-refractivity contribution in [2.24, 2.45) is 0 Å². The molecule has 0 aromatic heterocycles. The van der Waals surface area contributed by atoms with Crippen LogP contribution in [0, 0.1) is 0 Å². The van der Waals surface area contributed by atoms with Gasteiger partial charge in [-0.15, -0.1) is 0 Å². The van der Waals surface area contributed by atoms with Gasteiger partial charge >= 0.3 is 86.5 Å². The minimum Gasteiger partial charge on any atom is -3.00 e. The van der Waals surface area contributed by atoms with Gasteiger partial charge in [-0.05, 0) is 0 Å². The minimum absolute atomic E-state index is 0. The van der Waals surface area contributed by atoms with Crippen LogP contribution in [0.25, 0.3) is 0 Å². The Balaban J connectivity index is 0. The standard InChI is InChI=1S/Al.3Mg.3P/q+3;3*+2;3*-3. The number of rotatable bonds is 0. The van der Waals surface area contributed by atoms with Crippen LogP contribution in [0.3, 0.4) is 0 Å². The van der Waals surface area contributed by atoms with Gasteiger partial charge in [-0.1, -0.05) is 0 Å². The van der Waals surface area contributed by atoms with Gasteiger partial charge in [0.25, 0.3) is 0 Å². The quantitative estimate of drug-likeness (QED) is 0.398. The molecule has 0 heterocycles. The third kappa shape index (κ3) is 39.3. The maximum atomic E-state index is 0. The molecule has 0 saturated carbocycles.